The third kappa shape index (κ3) is 6.23. The Labute approximate surface area is 240 Å². The number of ether oxygens (including phenoxy) is 1. The summed E-state index contributed by atoms with van der Waals surface area (Å²) in [4.78, 5) is 31.5. The number of nitrogens with zero attached hydrogens (tertiary/aromatic N) is 4. The number of carbonyl (C=O) groups is 1. The largest absolute Gasteiger partial charge is 0.497 e. The SMILES string of the molecule is CCCCn1c(N2CCCC(C)C2)c(/C=C2\SC(=S)N(CCc3ccc(OC)cc3)C2=O)c(C)c(C#N)c1=O. The highest BCUT2D eigenvalue weighted by Crippen LogP contribution is 2.37. The smallest absolute Gasteiger partial charge is 0.270 e. The van der Waals surface area contributed by atoms with Crippen molar-refractivity contribution in [2.45, 2.75) is 59.4 Å². The molecular formula is C30H36N4O3S2. The van der Waals surface area contributed by atoms with E-state index in [-0.39, 0.29) is 17.0 Å². The summed E-state index contributed by atoms with van der Waals surface area (Å²) in [5.74, 6) is 1.97. The molecule has 4 rings (SSSR count). The van der Waals surface area contributed by atoms with Crippen LogP contribution in [-0.4, -0.2) is 46.4 Å². The van der Waals surface area contributed by atoms with Crippen LogP contribution in [-0.2, 0) is 17.8 Å². The van der Waals surface area contributed by atoms with Crippen LogP contribution in [0.1, 0.15) is 61.8 Å². The number of benzene rings is 1. The quantitative estimate of drug-likeness (QED) is 0.293. The van der Waals surface area contributed by atoms with Crippen molar-refractivity contribution in [2.75, 3.05) is 31.6 Å². The Morgan fingerprint density at radius 3 is 2.62 bits per heavy atom. The number of nitriles is 1. The van der Waals surface area contributed by atoms with Crippen LogP contribution in [0.3, 0.4) is 0 Å². The van der Waals surface area contributed by atoms with Gasteiger partial charge in [-0.25, -0.2) is 0 Å². The van der Waals surface area contributed by atoms with Crippen LogP contribution in [0.25, 0.3) is 6.08 Å². The van der Waals surface area contributed by atoms with E-state index in [0.29, 0.717) is 40.2 Å². The fourth-order valence-corrected chi connectivity index (χ4v) is 6.54. The normalized spacial score (nSPS) is 18.6. The zero-order valence-corrected chi connectivity index (χ0v) is 24.8. The lowest BCUT2D eigenvalue weighted by Gasteiger charge is -2.36. The zero-order valence-electron chi connectivity index (χ0n) is 23.2. The van der Waals surface area contributed by atoms with E-state index < -0.39 is 0 Å². The number of unbranched alkanes of at least 4 members (excludes halogenated alkanes) is 1. The number of rotatable bonds is 9. The summed E-state index contributed by atoms with van der Waals surface area (Å²) in [7, 11) is 1.63. The maximum absolute atomic E-state index is 13.6. The first-order chi connectivity index (χ1) is 18.8. The number of pyridine rings is 1. The van der Waals surface area contributed by atoms with Crippen LogP contribution in [0, 0.1) is 24.2 Å². The number of thiocarbonyl (C=S) groups is 1. The van der Waals surface area contributed by atoms with Gasteiger partial charge in [0.25, 0.3) is 11.5 Å². The van der Waals surface area contributed by atoms with E-state index in [1.807, 2.05) is 37.3 Å². The van der Waals surface area contributed by atoms with Gasteiger partial charge in [0.1, 0.15) is 27.5 Å². The van der Waals surface area contributed by atoms with Crippen LogP contribution in [0.15, 0.2) is 34.0 Å². The van der Waals surface area contributed by atoms with E-state index in [4.69, 9.17) is 17.0 Å². The topological polar surface area (TPSA) is 78.6 Å². The predicted molar refractivity (Wildman–Crippen MR) is 162 cm³/mol. The molecule has 1 unspecified atom stereocenters. The summed E-state index contributed by atoms with van der Waals surface area (Å²) in [6.07, 6.45) is 6.47. The fourth-order valence-electron chi connectivity index (χ4n) is 5.25. The maximum Gasteiger partial charge on any atom is 0.270 e. The van der Waals surface area contributed by atoms with Gasteiger partial charge in [0.2, 0.25) is 0 Å². The highest BCUT2D eigenvalue weighted by Gasteiger charge is 2.33. The molecular weight excluding hydrogens is 528 g/mol. The second-order valence-corrected chi connectivity index (χ2v) is 12.0. The lowest BCUT2D eigenvalue weighted by Crippen LogP contribution is -2.40. The summed E-state index contributed by atoms with van der Waals surface area (Å²) < 4.78 is 7.52. The van der Waals surface area contributed by atoms with Crippen LogP contribution in [0.5, 0.6) is 5.75 Å². The molecule has 1 amide bonds. The average molecular weight is 565 g/mol. The van der Waals surface area contributed by atoms with E-state index in [2.05, 4.69) is 24.8 Å². The van der Waals surface area contributed by atoms with Crippen molar-refractivity contribution in [1.29, 1.82) is 5.26 Å². The van der Waals surface area contributed by atoms with Crippen molar-refractivity contribution in [2.24, 2.45) is 5.92 Å². The Balaban J connectivity index is 1.72. The number of methoxy groups -OCH3 is 1. The van der Waals surface area contributed by atoms with Gasteiger partial charge >= 0.3 is 0 Å². The van der Waals surface area contributed by atoms with Crippen molar-refractivity contribution >= 4 is 46.1 Å². The number of aromatic nitrogens is 1. The van der Waals surface area contributed by atoms with Gasteiger partial charge in [-0.05, 0) is 67.9 Å². The van der Waals surface area contributed by atoms with Crippen molar-refractivity contribution in [1.82, 2.24) is 9.47 Å². The Kier molecular flexibility index (Phi) is 9.52. The summed E-state index contributed by atoms with van der Waals surface area (Å²) in [5, 5.41) is 9.92. The van der Waals surface area contributed by atoms with E-state index >= 15 is 0 Å². The number of hydrogen-bond acceptors (Lipinski definition) is 7. The molecule has 2 saturated heterocycles. The zero-order chi connectivity index (χ0) is 28.1. The highest BCUT2D eigenvalue weighted by atomic mass is 32.2. The first-order valence-electron chi connectivity index (χ1n) is 13.6. The molecule has 206 valence electrons. The van der Waals surface area contributed by atoms with Gasteiger partial charge < -0.3 is 9.64 Å². The lowest BCUT2D eigenvalue weighted by atomic mass is 9.98. The summed E-state index contributed by atoms with van der Waals surface area (Å²) >= 11 is 6.90. The third-order valence-electron chi connectivity index (χ3n) is 7.47. The molecule has 0 N–H and O–H groups in total. The second kappa shape index (κ2) is 12.8. The monoisotopic (exact) mass is 564 g/mol. The van der Waals surface area contributed by atoms with Crippen molar-refractivity contribution < 1.29 is 9.53 Å². The Hall–Kier alpha value is -3.09. The molecule has 1 aromatic heterocycles. The Bertz CT molecular complexity index is 1370. The van der Waals surface area contributed by atoms with E-state index in [9.17, 15) is 14.9 Å². The molecule has 0 saturated carbocycles. The molecule has 1 aromatic carbocycles. The number of carbonyl (C=O) groups excluding carboxylic acids is 1. The molecule has 2 aliphatic heterocycles. The van der Waals surface area contributed by atoms with Crippen LogP contribution in [0.2, 0.25) is 0 Å². The lowest BCUT2D eigenvalue weighted by molar-refractivity contribution is -0.122. The summed E-state index contributed by atoms with van der Waals surface area (Å²) in [6, 6.07) is 9.94. The minimum absolute atomic E-state index is 0.138. The van der Waals surface area contributed by atoms with E-state index in [1.54, 1.807) is 16.6 Å². The van der Waals surface area contributed by atoms with E-state index in [1.165, 1.54) is 11.8 Å². The maximum atomic E-state index is 13.6. The second-order valence-electron chi connectivity index (χ2n) is 10.3. The minimum Gasteiger partial charge on any atom is -0.497 e. The third-order valence-corrected chi connectivity index (χ3v) is 8.85. The first-order valence-corrected chi connectivity index (χ1v) is 14.8. The number of thioether (sulfide) groups is 1. The molecule has 39 heavy (non-hydrogen) atoms. The van der Waals surface area contributed by atoms with Crippen molar-refractivity contribution in [3.63, 3.8) is 0 Å². The Morgan fingerprint density at radius 2 is 1.97 bits per heavy atom. The van der Waals surface area contributed by atoms with Crippen molar-refractivity contribution in [3.05, 3.63) is 61.8 Å². The highest BCUT2D eigenvalue weighted by molar-refractivity contribution is 8.26. The van der Waals surface area contributed by atoms with E-state index in [0.717, 1.165) is 61.5 Å². The van der Waals surface area contributed by atoms with Gasteiger partial charge in [-0.15, -0.1) is 0 Å². The molecule has 7 nitrogen and oxygen atoms in total. The van der Waals surface area contributed by atoms with Crippen molar-refractivity contribution in [3.8, 4) is 11.8 Å². The van der Waals surface area contributed by atoms with Gasteiger partial charge in [-0.3, -0.25) is 19.1 Å². The standard InChI is InChI=1S/C30H36N4O3S2/c1-5-6-15-33-27(32-14-7-8-20(2)19-32)24(21(3)25(18-31)28(33)35)17-26-29(36)34(30(38)39-26)16-13-22-9-11-23(37-4)12-10-22/h9-12,17,20H,5-8,13-16,19H2,1-4H3/b26-17-. The number of piperidine rings is 1. The molecule has 2 fully saturated rings. The molecule has 2 aliphatic rings. The molecule has 0 aliphatic carbocycles. The minimum atomic E-state index is -0.249. The van der Waals surface area contributed by atoms with Gasteiger partial charge in [0.05, 0.1) is 12.0 Å². The van der Waals surface area contributed by atoms with Crippen LogP contribution < -0.4 is 15.2 Å². The number of hydrogen-bond donors (Lipinski definition) is 0. The molecule has 2 aromatic rings. The number of amides is 1. The van der Waals surface area contributed by atoms with Gasteiger partial charge in [-0.1, -0.05) is 56.4 Å². The predicted octanol–water partition coefficient (Wildman–Crippen LogP) is 5.52. The van der Waals surface area contributed by atoms with Gasteiger partial charge in [-0.2, -0.15) is 5.26 Å². The summed E-state index contributed by atoms with van der Waals surface area (Å²) in [6.45, 7) is 8.82. The molecule has 1 atom stereocenters. The Morgan fingerprint density at radius 1 is 1.23 bits per heavy atom. The molecule has 3 heterocycles. The fraction of sp³-hybridized carbons (Fsp3) is 0.467. The van der Waals surface area contributed by atoms with Crippen LogP contribution in [0.4, 0.5) is 5.82 Å². The first kappa shape index (κ1) is 28.9. The summed E-state index contributed by atoms with van der Waals surface area (Å²) in [5.41, 5.74) is 2.37. The molecule has 9 heteroatoms. The van der Waals surface area contributed by atoms with Gasteiger partial charge in [0.15, 0.2) is 0 Å². The van der Waals surface area contributed by atoms with Gasteiger partial charge in [0, 0.05) is 31.7 Å². The molecule has 0 radical (unpaired) electrons. The average Bonchev–Trinajstić information content (AvgIpc) is 3.20. The number of anilines is 1. The molecule has 0 bridgehead atoms. The van der Waals surface area contributed by atoms with Crippen LogP contribution >= 0.6 is 24.0 Å². The molecule has 0 spiro atoms.